The summed E-state index contributed by atoms with van der Waals surface area (Å²) in [7, 11) is 0. The number of rotatable bonds is 2. The Morgan fingerprint density at radius 1 is 1.77 bits per heavy atom. The van der Waals surface area contributed by atoms with Crippen LogP contribution in [0, 0.1) is 11.8 Å². The number of aromatic amines is 1. The fourth-order valence-corrected chi connectivity index (χ4v) is 0.971. The Kier molecular flexibility index (Phi) is 3.41. The van der Waals surface area contributed by atoms with Crippen molar-refractivity contribution in [3.63, 3.8) is 0 Å². The molecule has 2 N–H and O–H groups in total. The molecule has 0 aromatic carbocycles. The molecule has 1 amide bonds. The van der Waals surface area contributed by atoms with Gasteiger partial charge < -0.3 is 10.3 Å². The van der Waals surface area contributed by atoms with Crippen molar-refractivity contribution in [2.45, 2.75) is 6.92 Å². The molecule has 0 unspecified atom stereocenters. The third-order valence-corrected chi connectivity index (χ3v) is 1.62. The summed E-state index contributed by atoms with van der Waals surface area (Å²) in [6.45, 7) is 2.07. The molecule has 0 saturated heterocycles. The van der Waals surface area contributed by atoms with Gasteiger partial charge in [0.2, 0.25) is 0 Å². The largest absolute Gasteiger partial charge is 0.356 e. The van der Waals surface area contributed by atoms with Gasteiger partial charge in [-0.1, -0.05) is 17.5 Å². The van der Waals surface area contributed by atoms with E-state index in [0.717, 1.165) is 0 Å². The average molecular weight is 197 g/mol. The van der Waals surface area contributed by atoms with Gasteiger partial charge in [0.15, 0.2) is 0 Å². The SMILES string of the molecule is CC#CCNC(=O)c1cc(Cl)c[nH]1. The number of H-pyrrole nitrogens is 1. The standard InChI is InChI=1S/C9H9ClN2O/c1-2-3-4-11-9(13)8-5-7(10)6-12-8/h5-6,12H,4H2,1H3,(H,11,13). The van der Waals surface area contributed by atoms with Gasteiger partial charge in [0.05, 0.1) is 11.6 Å². The fourth-order valence-electron chi connectivity index (χ4n) is 0.807. The molecule has 0 aliphatic rings. The number of halogens is 1. The van der Waals surface area contributed by atoms with Crippen molar-refractivity contribution in [3.8, 4) is 11.8 Å². The first-order valence-electron chi connectivity index (χ1n) is 3.75. The van der Waals surface area contributed by atoms with Crippen LogP contribution in [-0.2, 0) is 0 Å². The lowest BCUT2D eigenvalue weighted by atomic mass is 10.4. The van der Waals surface area contributed by atoms with Crippen LogP contribution in [0.5, 0.6) is 0 Å². The lowest BCUT2D eigenvalue weighted by molar-refractivity contribution is 0.0954. The molecule has 0 spiro atoms. The summed E-state index contributed by atoms with van der Waals surface area (Å²) >= 11 is 5.63. The first-order valence-corrected chi connectivity index (χ1v) is 4.13. The smallest absolute Gasteiger partial charge is 0.268 e. The molecule has 1 aromatic heterocycles. The van der Waals surface area contributed by atoms with Crippen LogP contribution in [0.2, 0.25) is 5.02 Å². The van der Waals surface area contributed by atoms with Gasteiger partial charge in [0, 0.05) is 6.20 Å². The molecule has 0 bridgehead atoms. The first kappa shape index (κ1) is 9.69. The molecule has 0 radical (unpaired) electrons. The molecule has 1 aromatic rings. The highest BCUT2D eigenvalue weighted by Gasteiger charge is 2.05. The van der Waals surface area contributed by atoms with Crippen molar-refractivity contribution in [2.24, 2.45) is 0 Å². The van der Waals surface area contributed by atoms with Crippen LogP contribution in [0.1, 0.15) is 17.4 Å². The van der Waals surface area contributed by atoms with Gasteiger partial charge in [-0.15, -0.1) is 5.92 Å². The summed E-state index contributed by atoms with van der Waals surface area (Å²) in [5.41, 5.74) is 0.447. The number of carbonyl (C=O) groups excluding carboxylic acids is 1. The van der Waals surface area contributed by atoms with E-state index < -0.39 is 0 Å². The van der Waals surface area contributed by atoms with Gasteiger partial charge in [-0.05, 0) is 13.0 Å². The predicted octanol–water partition coefficient (Wildman–Crippen LogP) is 1.42. The molecule has 0 fully saturated rings. The lowest BCUT2D eigenvalue weighted by Crippen LogP contribution is -2.23. The topological polar surface area (TPSA) is 44.9 Å². The number of hydrogen-bond acceptors (Lipinski definition) is 1. The minimum Gasteiger partial charge on any atom is -0.356 e. The van der Waals surface area contributed by atoms with E-state index >= 15 is 0 Å². The number of nitrogens with one attached hydrogen (secondary N) is 2. The maximum absolute atomic E-state index is 11.3. The summed E-state index contributed by atoms with van der Waals surface area (Å²) < 4.78 is 0. The molecule has 3 nitrogen and oxygen atoms in total. The van der Waals surface area contributed by atoms with Crippen LogP contribution in [0.25, 0.3) is 0 Å². The molecule has 1 rings (SSSR count). The predicted molar refractivity (Wildman–Crippen MR) is 51.6 cm³/mol. The Hall–Kier alpha value is -1.40. The van der Waals surface area contributed by atoms with E-state index in [0.29, 0.717) is 17.3 Å². The molecule has 0 aliphatic carbocycles. The summed E-state index contributed by atoms with van der Waals surface area (Å²) in [5, 5.41) is 3.13. The minimum atomic E-state index is -0.199. The highest BCUT2D eigenvalue weighted by Crippen LogP contribution is 2.08. The van der Waals surface area contributed by atoms with E-state index in [-0.39, 0.29) is 5.91 Å². The monoisotopic (exact) mass is 196 g/mol. The quantitative estimate of drug-likeness (QED) is 0.691. The van der Waals surface area contributed by atoms with Crippen molar-refractivity contribution in [3.05, 3.63) is 23.0 Å². The van der Waals surface area contributed by atoms with Crippen molar-refractivity contribution in [1.82, 2.24) is 10.3 Å². The molecule has 0 aliphatic heterocycles. The van der Waals surface area contributed by atoms with Gasteiger partial charge in [0.25, 0.3) is 5.91 Å². The second-order valence-corrected chi connectivity index (χ2v) is 2.78. The molecule has 68 valence electrons. The molecule has 0 saturated carbocycles. The molecule has 1 heterocycles. The zero-order chi connectivity index (χ0) is 9.68. The Morgan fingerprint density at radius 2 is 2.54 bits per heavy atom. The van der Waals surface area contributed by atoms with Gasteiger partial charge in [-0.3, -0.25) is 4.79 Å². The second-order valence-electron chi connectivity index (χ2n) is 2.34. The summed E-state index contributed by atoms with van der Waals surface area (Å²) in [6.07, 6.45) is 1.56. The normalized spacial score (nSPS) is 8.77. The Balaban J connectivity index is 2.52. The third-order valence-electron chi connectivity index (χ3n) is 1.41. The maximum atomic E-state index is 11.3. The van der Waals surface area contributed by atoms with Crippen molar-refractivity contribution >= 4 is 17.5 Å². The van der Waals surface area contributed by atoms with E-state index in [1.807, 2.05) is 0 Å². The number of carbonyl (C=O) groups is 1. The van der Waals surface area contributed by atoms with Crippen LogP contribution < -0.4 is 5.32 Å². The molecule has 0 atom stereocenters. The van der Waals surface area contributed by atoms with E-state index in [1.54, 1.807) is 19.2 Å². The summed E-state index contributed by atoms with van der Waals surface area (Å²) in [6, 6.07) is 1.57. The molecule has 13 heavy (non-hydrogen) atoms. The van der Waals surface area contributed by atoms with Crippen molar-refractivity contribution in [2.75, 3.05) is 6.54 Å². The van der Waals surface area contributed by atoms with Gasteiger partial charge in [0.1, 0.15) is 5.69 Å². The van der Waals surface area contributed by atoms with Crippen molar-refractivity contribution < 1.29 is 4.79 Å². The van der Waals surface area contributed by atoms with Gasteiger partial charge in [-0.2, -0.15) is 0 Å². The molecular formula is C9H9ClN2O. The minimum absolute atomic E-state index is 0.199. The van der Waals surface area contributed by atoms with Crippen LogP contribution >= 0.6 is 11.6 Å². The Morgan fingerprint density at radius 3 is 3.08 bits per heavy atom. The Bertz CT molecular complexity index is 359. The van der Waals surface area contributed by atoms with Gasteiger partial charge in [-0.25, -0.2) is 0 Å². The first-order chi connectivity index (χ1) is 6.24. The number of hydrogen-bond donors (Lipinski definition) is 2. The molecular weight excluding hydrogens is 188 g/mol. The summed E-state index contributed by atoms with van der Waals surface area (Å²) in [4.78, 5) is 14.0. The van der Waals surface area contributed by atoms with E-state index in [4.69, 9.17) is 11.6 Å². The van der Waals surface area contributed by atoms with Crippen LogP contribution in [0.15, 0.2) is 12.3 Å². The van der Waals surface area contributed by atoms with Gasteiger partial charge >= 0.3 is 0 Å². The van der Waals surface area contributed by atoms with E-state index in [1.165, 1.54) is 0 Å². The molecule has 4 heteroatoms. The number of amides is 1. The van der Waals surface area contributed by atoms with Crippen LogP contribution in [-0.4, -0.2) is 17.4 Å². The fraction of sp³-hybridized carbons (Fsp3) is 0.222. The lowest BCUT2D eigenvalue weighted by Gasteiger charge is -1.96. The number of aromatic nitrogens is 1. The van der Waals surface area contributed by atoms with Crippen LogP contribution in [0.4, 0.5) is 0 Å². The maximum Gasteiger partial charge on any atom is 0.268 e. The highest BCUT2D eigenvalue weighted by atomic mass is 35.5. The second kappa shape index (κ2) is 4.58. The van der Waals surface area contributed by atoms with E-state index in [2.05, 4.69) is 22.1 Å². The third kappa shape index (κ3) is 2.85. The zero-order valence-corrected chi connectivity index (χ0v) is 7.90. The average Bonchev–Trinajstić information content (AvgIpc) is 2.52. The summed E-state index contributed by atoms with van der Waals surface area (Å²) in [5.74, 6) is 5.21. The van der Waals surface area contributed by atoms with Crippen LogP contribution in [0.3, 0.4) is 0 Å². The zero-order valence-electron chi connectivity index (χ0n) is 7.15. The highest BCUT2D eigenvalue weighted by molar-refractivity contribution is 6.30. The Labute approximate surface area is 81.5 Å². The van der Waals surface area contributed by atoms with E-state index in [9.17, 15) is 4.79 Å². The van der Waals surface area contributed by atoms with Crippen molar-refractivity contribution in [1.29, 1.82) is 0 Å².